The molecule has 5 nitrogen and oxygen atoms in total. The fourth-order valence-electron chi connectivity index (χ4n) is 2.17. The molecule has 2 aromatic rings. The van der Waals surface area contributed by atoms with Crippen LogP contribution >= 0.6 is 0 Å². The lowest BCUT2D eigenvalue weighted by Gasteiger charge is -2.13. The highest BCUT2D eigenvalue weighted by atomic mass is 19.4. The number of carbonyl (C=O) groups excluding carboxylic acids is 1. The molecule has 26 heavy (non-hydrogen) atoms. The van der Waals surface area contributed by atoms with Gasteiger partial charge in [-0.1, -0.05) is 6.92 Å². The molecule has 0 fully saturated rings. The summed E-state index contributed by atoms with van der Waals surface area (Å²) >= 11 is 0. The largest absolute Gasteiger partial charge is 0.439 e. The van der Waals surface area contributed by atoms with Crippen LogP contribution in [0.4, 0.5) is 13.2 Å². The summed E-state index contributed by atoms with van der Waals surface area (Å²) in [5.74, 6) is 0.193. The lowest BCUT2D eigenvalue weighted by molar-refractivity contribution is -0.137. The first-order chi connectivity index (χ1) is 12.3. The Morgan fingerprint density at radius 2 is 1.88 bits per heavy atom. The van der Waals surface area contributed by atoms with E-state index < -0.39 is 11.7 Å². The molecule has 0 saturated carbocycles. The SMILES string of the molecule is CCN[C@H](C)CNC(=O)c1ccc(Oc2ccc(C(F)(F)F)cn2)cc1. The molecular formula is C18H20F3N3O2. The molecule has 1 atom stereocenters. The molecule has 140 valence electrons. The Kier molecular flexibility index (Phi) is 6.57. The predicted octanol–water partition coefficient (Wildman–Crippen LogP) is 3.62. The number of pyridine rings is 1. The molecule has 1 heterocycles. The molecule has 8 heteroatoms. The minimum Gasteiger partial charge on any atom is -0.439 e. The molecule has 0 aliphatic rings. The molecule has 0 aliphatic carbocycles. The van der Waals surface area contributed by atoms with Gasteiger partial charge in [0.2, 0.25) is 5.88 Å². The number of rotatable bonds is 7. The second kappa shape index (κ2) is 8.66. The van der Waals surface area contributed by atoms with Crippen LogP contribution in [0.15, 0.2) is 42.6 Å². The Labute approximate surface area is 149 Å². The normalized spacial score (nSPS) is 12.5. The highest BCUT2D eigenvalue weighted by Gasteiger charge is 2.30. The zero-order valence-corrected chi connectivity index (χ0v) is 14.4. The van der Waals surface area contributed by atoms with Gasteiger partial charge in [0.15, 0.2) is 0 Å². The van der Waals surface area contributed by atoms with Crippen LogP contribution in [-0.4, -0.2) is 30.0 Å². The van der Waals surface area contributed by atoms with Crippen LogP contribution < -0.4 is 15.4 Å². The molecular weight excluding hydrogens is 347 g/mol. The number of nitrogens with one attached hydrogen (secondary N) is 2. The molecule has 0 bridgehead atoms. The molecule has 0 saturated heterocycles. The van der Waals surface area contributed by atoms with Crippen molar-refractivity contribution >= 4 is 5.91 Å². The second-order valence-corrected chi connectivity index (χ2v) is 5.68. The van der Waals surface area contributed by atoms with Crippen molar-refractivity contribution in [1.29, 1.82) is 0 Å². The van der Waals surface area contributed by atoms with E-state index in [2.05, 4.69) is 15.6 Å². The number of likely N-dealkylation sites (N-methyl/N-ethyl adjacent to an activating group) is 1. The van der Waals surface area contributed by atoms with E-state index in [0.29, 0.717) is 24.1 Å². The topological polar surface area (TPSA) is 63.2 Å². The summed E-state index contributed by atoms with van der Waals surface area (Å²) in [6.45, 7) is 5.28. The zero-order chi connectivity index (χ0) is 19.2. The van der Waals surface area contributed by atoms with E-state index >= 15 is 0 Å². The fraction of sp³-hybridized carbons (Fsp3) is 0.333. The highest BCUT2D eigenvalue weighted by molar-refractivity contribution is 5.94. The van der Waals surface area contributed by atoms with E-state index in [4.69, 9.17) is 4.74 Å². The molecule has 0 radical (unpaired) electrons. The monoisotopic (exact) mass is 367 g/mol. The van der Waals surface area contributed by atoms with Crippen LogP contribution in [0.5, 0.6) is 11.6 Å². The van der Waals surface area contributed by atoms with E-state index in [1.807, 2.05) is 13.8 Å². The van der Waals surface area contributed by atoms with Gasteiger partial charge >= 0.3 is 6.18 Å². The summed E-state index contributed by atoms with van der Waals surface area (Å²) in [5.41, 5.74) is -0.384. The van der Waals surface area contributed by atoms with Crippen molar-refractivity contribution in [3.63, 3.8) is 0 Å². The maximum atomic E-state index is 12.5. The van der Waals surface area contributed by atoms with Crippen molar-refractivity contribution in [2.45, 2.75) is 26.1 Å². The predicted molar refractivity (Wildman–Crippen MR) is 91.2 cm³/mol. The number of nitrogens with zero attached hydrogens (tertiary/aromatic N) is 1. The number of hydrogen-bond acceptors (Lipinski definition) is 4. The van der Waals surface area contributed by atoms with Gasteiger partial charge in [-0.3, -0.25) is 4.79 Å². The van der Waals surface area contributed by atoms with Crippen molar-refractivity contribution in [3.05, 3.63) is 53.7 Å². The number of ether oxygens (including phenoxy) is 1. The lowest BCUT2D eigenvalue weighted by atomic mass is 10.2. The zero-order valence-electron chi connectivity index (χ0n) is 14.4. The van der Waals surface area contributed by atoms with Gasteiger partial charge in [0, 0.05) is 30.4 Å². The van der Waals surface area contributed by atoms with E-state index in [1.54, 1.807) is 24.3 Å². The average molecular weight is 367 g/mol. The number of aromatic nitrogens is 1. The van der Waals surface area contributed by atoms with Crippen molar-refractivity contribution in [1.82, 2.24) is 15.6 Å². The van der Waals surface area contributed by atoms with Crippen LogP contribution in [-0.2, 0) is 6.18 Å². The van der Waals surface area contributed by atoms with E-state index in [-0.39, 0.29) is 17.8 Å². The summed E-state index contributed by atoms with van der Waals surface area (Å²) in [7, 11) is 0. The lowest BCUT2D eigenvalue weighted by Crippen LogP contribution is -2.38. The first kappa shape index (κ1) is 19.7. The summed E-state index contributed by atoms with van der Waals surface area (Å²) in [6.07, 6.45) is -3.73. The molecule has 2 N–H and O–H groups in total. The molecule has 1 aromatic heterocycles. The number of amides is 1. The van der Waals surface area contributed by atoms with Gasteiger partial charge in [-0.25, -0.2) is 4.98 Å². The first-order valence-corrected chi connectivity index (χ1v) is 8.12. The molecule has 2 rings (SSSR count). The van der Waals surface area contributed by atoms with Crippen LogP contribution in [0.2, 0.25) is 0 Å². The third-order valence-electron chi connectivity index (χ3n) is 3.52. The molecule has 0 unspecified atom stereocenters. The minimum atomic E-state index is -4.44. The summed E-state index contributed by atoms with van der Waals surface area (Å²) in [6, 6.07) is 8.47. The van der Waals surface area contributed by atoms with E-state index in [1.165, 1.54) is 0 Å². The van der Waals surface area contributed by atoms with Gasteiger partial charge in [-0.15, -0.1) is 0 Å². The van der Waals surface area contributed by atoms with Gasteiger partial charge < -0.3 is 15.4 Å². The number of carbonyl (C=O) groups is 1. The standard InChI is InChI=1S/C18H20F3N3O2/c1-3-22-12(2)10-24-17(25)13-4-7-15(8-5-13)26-16-9-6-14(11-23-16)18(19,20)21/h4-9,11-12,22H,3,10H2,1-2H3,(H,24,25)/t12-/m1/s1. The van der Waals surface area contributed by atoms with Crippen molar-refractivity contribution < 1.29 is 22.7 Å². The van der Waals surface area contributed by atoms with Crippen molar-refractivity contribution in [2.75, 3.05) is 13.1 Å². The van der Waals surface area contributed by atoms with Crippen LogP contribution in [0.1, 0.15) is 29.8 Å². The quantitative estimate of drug-likeness (QED) is 0.785. The Morgan fingerprint density at radius 3 is 2.42 bits per heavy atom. The van der Waals surface area contributed by atoms with Gasteiger partial charge in [-0.2, -0.15) is 13.2 Å². The minimum absolute atomic E-state index is 0.0367. The maximum absolute atomic E-state index is 12.5. The number of alkyl halides is 3. The maximum Gasteiger partial charge on any atom is 0.417 e. The van der Waals surface area contributed by atoms with Crippen LogP contribution in [0, 0.1) is 0 Å². The van der Waals surface area contributed by atoms with E-state index in [9.17, 15) is 18.0 Å². The number of benzene rings is 1. The van der Waals surface area contributed by atoms with Crippen LogP contribution in [0.25, 0.3) is 0 Å². The third-order valence-corrected chi connectivity index (χ3v) is 3.52. The van der Waals surface area contributed by atoms with Gasteiger partial charge in [0.25, 0.3) is 5.91 Å². The van der Waals surface area contributed by atoms with Crippen molar-refractivity contribution in [3.8, 4) is 11.6 Å². The molecule has 1 amide bonds. The molecule has 0 spiro atoms. The van der Waals surface area contributed by atoms with Crippen LogP contribution in [0.3, 0.4) is 0 Å². The second-order valence-electron chi connectivity index (χ2n) is 5.68. The highest BCUT2D eigenvalue weighted by Crippen LogP contribution is 2.30. The Bertz CT molecular complexity index is 716. The Balaban J connectivity index is 1.93. The molecule has 0 aliphatic heterocycles. The summed E-state index contributed by atoms with van der Waals surface area (Å²) in [4.78, 5) is 15.7. The van der Waals surface area contributed by atoms with Gasteiger partial charge in [0.1, 0.15) is 5.75 Å². The first-order valence-electron chi connectivity index (χ1n) is 8.12. The smallest absolute Gasteiger partial charge is 0.417 e. The fourth-order valence-corrected chi connectivity index (χ4v) is 2.17. The van der Waals surface area contributed by atoms with Crippen molar-refractivity contribution in [2.24, 2.45) is 0 Å². The summed E-state index contributed by atoms with van der Waals surface area (Å²) < 4.78 is 42.9. The summed E-state index contributed by atoms with van der Waals surface area (Å²) in [5, 5.41) is 6.00. The average Bonchev–Trinajstić information content (AvgIpc) is 2.60. The Hall–Kier alpha value is -2.61. The van der Waals surface area contributed by atoms with E-state index in [0.717, 1.165) is 18.7 Å². The van der Waals surface area contributed by atoms with Gasteiger partial charge in [0.05, 0.1) is 5.56 Å². The molecule has 1 aromatic carbocycles. The number of halogens is 3. The third kappa shape index (κ3) is 5.73. The Morgan fingerprint density at radius 1 is 1.19 bits per heavy atom. The van der Waals surface area contributed by atoms with Gasteiger partial charge in [-0.05, 0) is 43.8 Å². The number of hydrogen-bond donors (Lipinski definition) is 2.